The van der Waals surface area contributed by atoms with E-state index in [1.54, 1.807) is 12.1 Å². The largest absolute Gasteiger partial charge is 0.508 e. The van der Waals surface area contributed by atoms with Gasteiger partial charge in [-0.15, -0.1) is 0 Å². The SMILES string of the molecule is Cc1cc(C(N)=S)cc(C)c1OCc1ccc(O)cc1. The lowest BCUT2D eigenvalue weighted by molar-refractivity contribution is 0.302. The van der Waals surface area contributed by atoms with Gasteiger partial charge in [-0.1, -0.05) is 24.4 Å². The van der Waals surface area contributed by atoms with Crippen molar-refractivity contribution in [2.24, 2.45) is 5.73 Å². The van der Waals surface area contributed by atoms with Crippen molar-refractivity contribution in [1.82, 2.24) is 0 Å². The van der Waals surface area contributed by atoms with Crippen LogP contribution in [0.15, 0.2) is 36.4 Å². The molecule has 0 unspecified atom stereocenters. The van der Waals surface area contributed by atoms with Gasteiger partial charge in [-0.2, -0.15) is 0 Å². The minimum absolute atomic E-state index is 0.252. The third kappa shape index (κ3) is 3.27. The first-order valence-electron chi connectivity index (χ1n) is 6.29. The van der Waals surface area contributed by atoms with Gasteiger partial charge in [0.2, 0.25) is 0 Å². The van der Waals surface area contributed by atoms with Crippen LogP contribution < -0.4 is 10.5 Å². The number of phenolic OH excluding ortho intramolecular Hbond substituents is 1. The summed E-state index contributed by atoms with van der Waals surface area (Å²) in [4.78, 5) is 0.390. The van der Waals surface area contributed by atoms with Crippen molar-refractivity contribution in [3.05, 3.63) is 58.7 Å². The fourth-order valence-corrected chi connectivity index (χ4v) is 2.19. The quantitative estimate of drug-likeness (QED) is 0.848. The summed E-state index contributed by atoms with van der Waals surface area (Å²) in [5, 5.41) is 9.25. The molecule has 0 fully saturated rings. The van der Waals surface area contributed by atoms with Crippen molar-refractivity contribution < 1.29 is 9.84 Å². The number of ether oxygens (including phenoxy) is 1. The fraction of sp³-hybridized carbons (Fsp3) is 0.188. The van der Waals surface area contributed by atoms with Crippen LogP contribution in [0.5, 0.6) is 11.5 Å². The molecule has 3 nitrogen and oxygen atoms in total. The van der Waals surface area contributed by atoms with E-state index in [-0.39, 0.29) is 5.75 Å². The molecule has 0 aliphatic rings. The Kier molecular flexibility index (Phi) is 4.25. The number of thiocarbonyl (C=S) groups is 1. The molecule has 3 N–H and O–H groups in total. The first-order valence-corrected chi connectivity index (χ1v) is 6.70. The molecule has 20 heavy (non-hydrogen) atoms. The summed E-state index contributed by atoms with van der Waals surface area (Å²) in [6, 6.07) is 10.8. The highest BCUT2D eigenvalue weighted by Crippen LogP contribution is 2.26. The molecule has 0 spiro atoms. The van der Waals surface area contributed by atoms with Crippen LogP contribution in [0, 0.1) is 13.8 Å². The molecule has 2 rings (SSSR count). The Morgan fingerprint density at radius 1 is 1.15 bits per heavy atom. The second-order valence-electron chi connectivity index (χ2n) is 4.76. The Labute approximate surface area is 124 Å². The number of hydrogen-bond donors (Lipinski definition) is 2. The zero-order chi connectivity index (χ0) is 14.7. The van der Waals surface area contributed by atoms with Gasteiger partial charge < -0.3 is 15.6 Å². The number of nitrogens with two attached hydrogens (primary N) is 1. The zero-order valence-electron chi connectivity index (χ0n) is 11.5. The van der Waals surface area contributed by atoms with Gasteiger partial charge in [0.1, 0.15) is 23.1 Å². The van der Waals surface area contributed by atoms with Crippen molar-refractivity contribution in [2.45, 2.75) is 20.5 Å². The predicted octanol–water partition coefficient (Wildman–Crippen LogP) is 3.22. The van der Waals surface area contributed by atoms with Crippen molar-refractivity contribution in [2.75, 3.05) is 0 Å². The average Bonchev–Trinajstić information content (AvgIpc) is 2.39. The molecule has 0 aromatic heterocycles. The topological polar surface area (TPSA) is 55.5 Å². The number of aromatic hydroxyl groups is 1. The predicted molar refractivity (Wildman–Crippen MR) is 84.2 cm³/mol. The summed E-state index contributed by atoms with van der Waals surface area (Å²) < 4.78 is 5.86. The van der Waals surface area contributed by atoms with Crippen LogP contribution in [0.1, 0.15) is 22.3 Å². The highest BCUT2D eigenvalue weighted by Gasteiger charge is 2.08. The molecule has 0 aliphatic heterocycles. The van der Waals surface area contributed by atoms with Crippen LogP contribution in [-0.2, 0) is 6.61 Å². The summed E-state index contributed by atoms with van der Waals surface area (Å²) in [7, 11) is 0. The van der Waals surface area contributed by atoms with E-state index in [9.17, 15) is 5.11 Å². The Bertz CT molecular complexity index is 612. The second kappa shape index (κ2) is 5.92. The summed E-state index contributed by atoms with van der Waals surface area (Å²) in [5.74, 6) is 1.10. The van der Waals surface area contributed by atoms with Crippen molar-refractivity contribution >= 4 is 17.2 Å². The van der Waals surface area contributed by atoms with E-state index in [4.69, 9.17) is 22.7 Å². The van der Waals surface area contributed by atoms with Gasteiger partial charge in [0, 0.05) is 5.56 Å². The van der Waals surface area contributed by atoms with Gasteiger partial charge in [-0.05, 0) is 54.8 Å². The Morgan fingerprint density at radius 2 is 1.70 bits per heavy atom. The van der Waals surface area contributed by atoms with Crippen LogP contribution in [0.25, 0.3) is 0 Å². The minimum Gasteiger partial charge on any atom is -0.508 e. The third-order valence-electron chi connectivity index (χ3n) is 3.06. The maximum absolute atomic E-state index is 9.25. The molecule has 0 amide bonds. The smallest absolute Gasteiger partial charge is 0.125 e. The molecule has 2 aromatic rings. The first-order chi connectivity index (χ1) is 9.47. The van der Waals surface area contributed by atoms with Crippen LogP contribution >= 0.6 is 12.2 Å². The number of rotatable bonds is 4. The van der Waals surface area contributed by atoms with Gasteiger partial charge in [0.05, 0.1) is 0 Å². The number of phenols is 1. The Balaban J connectivity index is 2.17. The maximum atomic E-state index is 9.25. The molecule has 0 bridgehead atoms. The van der Waals surface area contributed by atoms with E-state index in [2.05, 4.69) is 0 Å². The van der Waals surface area contributed by atoms with Crippen LogP contribution in [-0.4, -0.2) is 10.1 Å². The lowest BCUT2D eigenvalue weighted by atomic mass is 10.1. The molecular formula is C16H17NO2S. The van der Waals surface area contributed by atoms with E-state index in [1.807, 2.05) is 38.1 Å². The zero-order valence-corrected chi connectivity index (χ0v) is 12.3. The Morgan fingerprint density at radius 3 is 2.20 bits per heavy atom. The summed E-state index contributed by atoms with van der Waals surface area (Å²) >= 11 is 4.99. The van der Waals surface area contributed by atoms with E-state index in [0.29, 0.717) is 11.6 Å². The number of benzene rings is 2. The van der Waals surface area contributed by atoms with Gasteiger partial charge in [-0.3, -0.25) is 0 Å². The molecule has 4 heteroatoms. The standard InChI is InChI=1S/C16H17NO2S/c1-10-7-13(16(17)20)8-11(2)15(10)19-9-12-3-5-14(18)6-4-12/h3-8,18H,9H2,1-2H3,(H2,17,20). The van der Waals surface area contributed by atoms with E-state index < -0.39 is 0 Å². The number of aryl methyl sites for hydroxylation is 2. The molecule has 2 aromatic carbocycles. The van der Waals surface area contributed by atoms with Crippen molar-refractivity contribution in [3.8, 4) is 11.5 Å². The van der Waals surface area contributed by atoms with Gasteiger partial charge in [0.25, 0.3) is 0 Å². The minimum atomic E-state index is 0.252. The fourth-order valence-electron chi connectivity index (χ4n) is 2.07. The van der Waals surface area contributed by atoms with Crippen LogP contribution in [0.2, 0.25) is 0 Å². The molecule has 104 valence electrons. The average molecular weight is 287 g/mol. The molecule has 0 aliphatic carbocycles. The highest BCUT2D eigenvalue weighted by molar-refractivity contribution is 7.80. The monoisotopic (exact) mass is 287 g/mol. The molecule has 0 heterocycles. The summed E-state index contributed by atoms with van der Waals surface area (Å²) in [6.45, 7) is 4.40. The van der Waals surface area contributed by atoms with Crippen LogP contribution in [0.4, 0.5) is 0 Å². The summed E-state index contributed by atoms with van der Waals surface area (Å²) in [6.07, 6.45) is 0. The lowest BCUT2D eigenvalue weighted by Gasteiger charge is -2.14. The molecule has 0 saturated heterocycles. The molecule has 0 saturated carbocycles. The normalized spacial score (nSPS) is 10.3. The van der Waals surface area contributed by atoms with Gasteiger partial charge in [0.15, 0.2) is 0 Å². The molecular weight excluding hydrogens is 270 g/mol. The van der Waals surface area contributed by atoms with Crippen LogP contribution in [0.3, 0.4) is 0 Å². The first kappa shape index (κ1) is 14.3. The molecule has 0 radical (unpaired) electrons. The second-order valence-corrected chi connectivity index (χ2v) is 5.20. The Hall–Kier alpha value is -2.07. The third-order valence-corrected chi connectivity index (χ3v) is 3.30. The highest BCUT2D eigenvalue weighted by atomic mass is 32.1. The van der Waals surface area contributed by atoms with E-state index >= 15 is 0 Å². The van der Waals surface area contributed by atoms with Gasteiger partial charge in [-0.25, -0.2) is 0 Å². The summed E-state index contributed by atoms with van der Waals surface area (Å²) in [5.41, 5.74) is 9.51. The molecule has 0 atom stereocenters. The van der Waals surface area contributed by atoms with Crippen molar-refractivity contribution in [3.63, 3.8) is 0 Å². The van der Waals surface area contributed by atoms with Gasteiger partial charge >= 0.3 is 0 Å². The van der Waals surface area contributed by atoms with E-state index in [1.165, 1.54) is 0 Å². The number of hydrogen-bond acceptors (Lipinski definition) is 3. The maximum Gasteiger partial charge on any atom is 0.125 e. The lowest BCUT2D eigenvalue weighted by Crippen LogP contribution is -2.10. The van der Waals surface area contributed by atoms with E-state index in [0.717, 1.165) is 28.0 Å². The van der Waals surface area contributed by atoms with Crippen molar-refractivity contribution in [1.29, 1.82) is 0 Å².